The predicted molar refractivity (Wildman–Crippen MR) is 118 cm³/mol. The molecule has 7 heteroatoms. The van der Waals surface area contributed by atoms with E-state index < -0.39 is 16.0 Å². The van der Waals surface area contributed by atoms with E-state index in [1.54, 1.807) is 6.08 Å². The molecule has 0 amide bonds. The summed E-state index contributed by atoms with van der Waals surface area (Å²) in [5, 5.41) is 9.92. The third kappa shape index (κ3) is 6.39. The lowest BCUT2D eigenvalue weighted by atomic mass is 9.86. The van der Waals surface area contributed by atoms with Crippen LogP contribution in [0.2, 0.25) is 0 Å². The normalized spacial score (nSPS) is 26.1. The van der Waals surface area contributed by atoms with Gasteiger partial charge < -0.3 is 5.11 Å². The van der Waals surface area contributed by atoms with Gasteiger partial charge in [0, 0.05) is 22.3 Å². The van der Waals surface area contributed by atoms with Crippen LogP contribution < -0.4 is 4.72 Å². The van der Waals surface area contributed by atoms with Gasteiger partial charge in [0.1, 0.15) is 0 Å². The van der Waals surface area contributed by atoms with Crippen LogP contribution in [-0.2, 0) is 14.8 Å². The number of hydrogen-bond donors (Lipinski definition) is 2. The highest BCUT2D eigenvalue weighted by Crippen LogP contribution is 2.45. The summed E-state index contributed by atoms with van der Waals surface area (Å²) in [5.41, 5.74) is 0.826. The molecule has 29 heavy (non-hydrogen) atoms. The van der Waals surface area contributed by atoms with Gasteiger partial charge in [-0.1, -0.05) is 52.4 Å². The summed E-state index contributed by atoms with van der Waals surface area (Å²) in [6.45, 7) is 0. The Hall–Kier alpha value is -1.70. The zero-order valence-corrected chi connectivity index (χ0v) is 18.5. The topological polar surface area (TPSA) is 83.5 Å². The van der Waals surface area contributed by atoms with Gasteiger partial charge in [0.2, 0.25) is 10.0 Å². The average molecular weight is 480 g/mol. The molecule has 4 atom stereocenters. The number of hydrogen-bond acceptors (Lipinski definition) is 3. The molecule has 3 rings (SSSR count). The fourth-order valence-corrected chi connectivity index (χ4v) is 5.54. The minimum atomic E-state index is -3.54. The predicted octanol–water partition coefficient (Wildman–Crippen LogP) is 4.73. The summed E-state index contributed by atoms with van der Waals surface area (Å²) in [6.07, 6.45) is 13.3. The molecule has 0 spiro atoms. The molecule has 0 saturated heterocycles. The molecule has 0 heterocycles. The zero-order valence-electron chi connectivity index (χ0n) is 16.1. The molecule has 0 radical (unpaired) electrons. The Bertz CT molecular complexity index is 905. The monoisotopic (exact) mass is 479 g/mol. The molecular weight excluding hydrogens is 454 g/mol. The number of allylic oxidation sites excluding steroid dienone is 3. The van der Waals surface area contributed by atoms with Gasteiger partial charge in [0.15, 0.2) is 0 Å². The fourth-order valence-electron chi connectivity index (χ4n) is 4.13. The second kappa shape index (κ2) is 9.87. The van der Waals surface area contributed by atoms with Crippen LogP contribution in [0.4, 0.5) is 0 Å². The Balaban J connectivity index is 1.58. The minimum absolute atomic E-state index is 0.103. The van der Waals surface area contributed by atoms with E-state index in [1.165, 1.54) is 5.41 Å². The van der Waals surface area contributed by atoms with E-state index in [9.17, 15) is 13.2 Å². The number of aliphatic carboxylic acids is 1. The van der Waals surface area contributed by atoms with E-state index in [0.717, 1.165) is 29.3 Å². The zero-order chi connectivity index (χ0) is 20.9. The van der Waals surface area contributed by atoms with Crippen molar-refractivity contribution >= 4 is 38.0 Å². The van der Waals surface area contributed by atoms with E-state index in [4.69, 9.17) is 5.11 Å². The van der Waals surface area contributed by atoms with E-state index in [1.807, 2.05) is 30.3 Å². The van der Waals surface area contributed by atoms with Crippen molar-refractivity contribution in [2.75, 3.05) is 0 Å². The van der Waals surface area contributed by atoms with Gasteiger partial charge in [-0.3, -0.25) is 4.79 Å². The Kier molecular flexibility index (Phi) is 7.49. The van der Waals surface area contributed by atoms with Crippen molar-refractivity contribution in [3.8, 4) is 0 Å². The average Bonchev–Trinajstić information content (AvgIpc) is 3.26. The van der Waals surface area contributed by atoms with Crippen LogP contribution in [0.5, 0.6) is 0 Å². The van der Waals surface area contributed by atoms with Gasteiger partial charge in [-0.25, -0.2) is 13.1 Å². The van der Waals surface area contributed by atoms with Crippen LogP contribution in [-0.4, -0.2) is 25.5 Å². The quantitative estimate of drug-likeness (QED) is 0.375. The SMILES string of the molecule is O=C(O)CCCC=CCC1C2C=CC(C2)C1NS(=O)(=O)C=Cc1ccc(Br)cc1. The van der Waals surface area contributed by atoms with E-state index in [-0.39, 0.29) is 24.3 Å². The molecule has 5 nitrogen and oxygen atoms in total. The molecule has 2 bridgehead atoms. The number of benzene rings is 1. The Morgan fingerprint density at radius 1 is 1.17 bits per heavy atom. The molecule has 0 aliphatic heterocycles. The first-order chi connectivity index (χ1) is 13.8. The molecule has 4 unspecified atom stereocenters. The van der Waals surface area contributed by atoms with Crippen LogP contribution in [0, 0.1) is 17.8 Å². The number of nitrogens with one attached hydrogen (secondary N) is 1. The third-order valence-electron chi connectivity index (χ3n) is 5.57. The van der Waals surface area contributed by atoms with Crippen LogP contribution in [0.15, 0.2) is 58.5 Å². The first-order valence-electron chi connectivity index (χ1n) is 9.85. The lowest BCUT2D eigenvalue weighted by Crippen LogP contribution is -2.41. The fraction of sp³-hybridized carbons (Fsp3) is 0.409. The van der Waals surface area contributed by atoms with Crippen LogP contribution in [0.1, 0.15) is 37.7 Å². The van der Waals surface area contributed by atoms with E-state index >= 15 is 0 Å². The molecule has 1 aromatic carbocycles. The number of sulfonamides is 1. The maximum Gasteiger partial charge on any atom is 0.303 e. The molecule has 0 aromatic heterocycles. The van der Waals surface area contributed by atoms with Crippen molar-refractivity contribution in [1.29, 1.82) is 0 Å². The van der Waals surface area contributed by atoms with Crippen molar-refractivity contribution < 1.29 is 18.3 Å². The largest absolute Gasteiger partial charge is 0.481 e. The van der Waals surface area contributed by atoms with Crippen molar-refractivity contribution in [3.05, 3.63) is 64.0 Å². The molecule has 1 fully saturated rings. The lowest BCUT2D eigenvalue weighted by molar-refractivity contribution is -0.137. The van der Waals surface area contributed by atoms with E-state index in [0.29, 0.717) is 12.3 Å². The molecular formula is C22H26BrNO4S. The highest BCUT2D eigenvalue weighted by molar-refractivity contribution is 9.10. The highest BCUT2D eigenvalue weighted by Gasteiger charge is 2.44. The standard InChI is InChI=1S/C22H26BrNO4S/c23-19-11-7-16(8-12-19)13-14-29(27,28)24-22-18-10-9-17(15-18)20(22)5-3-1-2-4-6-21(25)26/h1,3,7-14,17-18,20,22,24H,2,4-6,15H2,(H,25,26). The van der Waals surface area contributed by atoms with Gasteiger partial charge in [-0.2, -0.15) is 0 Å². The molecule has 2 aliphatic rings. The van der Waals surface area contributed by atoms with Crippen molar-refractivity contribution in [1.82, 2.24) is 4.72 Å². The maximum absolute atomic E-state index is 12.6. The van der Waals surface area contributed by atoms with Crippen LogP contribution >= 0.6 is 15.9 Å². The summed E-state index contributed by atoms with van der Waals surface area (Å²) in [7, 11) is -3.54. The number of halogens is 1. The number of fused-ring (bicyclic) bond motifs is 2. The van der Waals surface area contributed by atoms with Gasteiger partial charge in [0.25, 0.3) is 0 Å². The molecule has 2 N–H and O–H groups in total. The molecule has 2 aliphatic carbocycles. The summed E-state index contributed by atoms with van der Waals surface area (Å²) in [6, 6.07) is 7.36. The second-order valence-corrected chi connectivity index (χ2v) is 10.2. The van der Waals surface area contributed by atoms with Crippen LogP contribution in [0.25, 0.3) is 6.08 Å². The van der Waals surface area contributed by atoms with Gasteiger partial charge in [-0.15, -0.1) is 0 Å². The minimum Gasteiger partial charge on any atom is -0.481 e. The van der Waals surface area contributed by atoms with Gasteiger partial charge >= 0.3 is 5.97 Å². The number of carboxylic acids is 1. The molecule has 1 aromatic rings. The lowest BCUT2D eigenvalue weighted by Gasteiger charge is -2.27. The van der Waals surface area contributed by atoms with Gasteiger partial charge in [-0.05, 0) is 67.2 Å². The van der Waals surface area contributed by atoms with Crippen molar-refractivity contribution in [3.63, 3.8) is 0 Å². The van der Waals surface area contributed by atoms with Crippen molar-refractivity contribution in [2.45, 2.75) is 38.1 Å². The first-order valence-corrected chi connectivity index (χ1v) is 12.2. The second-order valence-electron chi connectivity index (χ2n) is 7.65. The van der Waals surface area contributed by atoms with Gasteiger partial charge in [0.05, 0.1) is 0 Å². The highest BCUT2D eigenvalue weighted by atomic mass is 79.9. The molecule has 156 valence electrons. The smallest absolute Gasteiger partial charge is 0.303 e. The number of rotatable bonds is 10. The summed E-state index contributed by atoms with van der Waals surface area (Å²) in [4.78, 5) is 10.6. The number of carbonyl (C=O) groups is 1. The van der Waals surface area contributed by atoms with Crippen molar-refractivity contribution in [2.24, 2.45) is 17.8 Å². The third-order valence-corrected chi connectivity index (χ3v) is 7.19. The maximum atomic E-state index is 12.6. The van der Waals surface area contributed by atoms with Crippen LogP contribution in [0.3, 0.4) is 0 Å². The summed E-state index contributed by atoms with van der Waals surface area (Å²) >= 11 is 3.37. The Morgan fingerprint density at radius 3 is 2.62 bits per heavy atom. The summed E-state index contributed by atoms with van der Waals surface area (Å²) < 4.78 is 29.1. The molecule has 1 saturated carbocycles. The first kappa shape index (κ1) is 22.0. The number of unbranched alkanes of at least 4 members (excludes halogenated alkanes) is 1. The Morgan fingerprint density at radius 2 is 1.90 bits per heavy atom. The Labute approximate surface area is 180 Å². The van der Waals surface area contributed by atoms with E-state index in [2.05, 4.69) is 38.9 Å². The number of carboxylic acid groups (broad SMARTS) is 1. The summed E-state index contributed by atoms with van der Waals surface area (Å²) in [5.74, 6) is 0.0898.